The Bertz CT molecular complexity index is 283. The van der Waals surface area contributed by atoms with Crippen LogP contribution in [0.5, 0.6) is 0 Å². The Morgan fingerprint density at radius 3 is 1.29 bits per heavy atom. The standard InChI is InChI=1S/C8H12.C6H7N.ClH.Rh/c1-2-4-6-8-7-5-3-1;7-6-4-2-1-3-5-6;;/h1-2,7-8H,3-6H2;1-5H,7H2;1H;/p-1/b2-1-,8-7-;;;. The zero-order chi connectivity index (χ0) is 10.8. The maximum absolute atomic E-state index is 5.36. The molecule has 0 aliphatic heterocycles. The van der Waals surface area contributed by atoms with Crippen molar-refractivity contribution in [3.63, 3.8) is 0 Å². The van der Waals surface area contributed by atoms with Gasteiger partial charge in [-0.1, -0.05) is 42.5 Å². The first-order chi connectivity index (χ1) is 7.39. The number of para-hydroxylation sites is 1. The second-order valence-electron chi connectivity index (χ2n) is 3.51. The van der Waals surface area contributed by atoms with E-state index in [1.165, 1.54) is 25.7 Å². The first-order valence-corrected chi connectivity index (χ1v) is 5.50. The summed E-state index contributed by atoms with van der Waals surface area (Å²) in [7, 11) is 0. The molecule has 0 unspecified atom stereocenters. The Morgan fingerprint density at radius 1 is 0.706 bits per heavy atom. The minimum absolute atomic E-state index is 0. The van der Waals surface area contributed by atoms with Crippen molar-refractivity contribution in [1.82, 2.24) is 0 Å². The van der Waals surface area contributed by atoms with Crippen LogP contribution < -0.4 is 18.1 Å². The number of halogens is 1. The fourth-order valence-electron chi connectivity index (χ4n) is 1.31. The third-order valence-corrected chi connectivity index (χ3v) is 2.13. The minimum Gasteiger partial charge on any atom is -1.00 e. The van der Waals surface area contributed by atoms with Crippen LogP contribution in [0, 0.1) is 0 Å². The third kappa shape index (κ3) is 11.7. The zero-order valence-corrected chi connectivity index (χ0v) is 12.2. The molecule has 1 aliphatic carbocycles. The van der Waals surface area contributed by atoms with E-state index in [0.29, 0.717) is 0 Å². The molecule has 0 fully saturated rings. The van der Waals surface area contributed by atoms with E-state index in [4.69, 9.17) is 5.73 Å². The largest absolute Gasteiger partial charge is 1.00 e. The van der Waals surface area contributed by atoms with Crippen molar-refractivity contribution in [3.05, 3.63) is 54.6 Å². The Kier molecular flexibility index (Phi) is 14.9. The topological polar surface area (TPSA) is 26.0 Å². The number of nitrogen functional groups attached to an aromatic ring is 1. The molecule has 1 aromatic rings. The number of hydrogen-bond acceptors (Lipinski definition) is 1. The van der Waals surface area contributed by atoms with Gasteiger partial charge in [0.15, 0.2) is 0 Å². The van der Waals surface area contributed by atoms with Crippen molar-refractivity contribution >= 4 is 5.69 Å². The van der Waals surface area contributed by atoms with Crippen molar-refractivity contribution in [3.8, 4) is 0 Å². The Labute approximate surface area is 123 Å². The van der Waals surface area contributed by atoms with E-state index in [-0.39, 0.29) is 31.9 Å². The summed E-state index contributed by atoms with van der Waals surface area (Å²) in [6, 6.07) is 9.49. The maximum atomic E-state index is 5.36. The molecule has 0 spiro atoms. The second-order valence-corrected chi connectivity index (χ2v) is 3.51. The molecule has 0 saturated carbocycles. The van der Waals surface area contributed by atoms with Gasteiger partial charge in [-0.05, 0) is 37.8 Å². The molecule has 3 heteroatoms. The fourth-order valence-corrected chi connectivity index (χ4v) is 1.31. The third-order valence-electron chi connectivity index (χ3n) is 2.13. The van der Waals surface area contributed by atoms with Gasteiger partial charge >= 0.3 is 0 Å². The first kappa shape index (κ1) is 18.8. The van der Waals surface area contributed by atoms with Crippen molar-refractivity contribution < 1.29 is 31.9 Å². The Morgan fingerprint density at radius 2 is 1.06 bits per heavy atom. The van der Waals surface area contributed by atoms with Gasteiger partial charge < -0.3 is 18.1 Å². The van der Waals surface area contributed by atoms with Crippen LogP contribution in [0.1, 0.15) is 25.7 Å². The molecule has 17 heavy (non-hydrogen) atoms. The molecule has 0 heterocycles. The van der Waals surface area contributed by atoms with Gasteiger partial charge in [0.25, 0.3) is 0 Å². The van der Waals surface area contributed by atoms with E-state index in [0.717, 1.165) is 5.69 Å². The number of allylic oxidation sites excluding steroid dienone is 4. The number of hydrogen-bond donors (Lipinski definition) is 1. The average Bonchev–Trinajstić information content (AvgIpc) is 2.18. The smallest absolute Gasteiger partial charge is 0.0313 e. The van der Waals surface area contributed by atoms with Gasteiger partial charge in [-0.2, -0.15) is 0 Å². The second kappa shape index (κ2) is 13.5. The molecule has 0 bridgehead atoms. The summed E-state index contributed by atoms with van der Waals surface area (Å²) in [6.07, 6.45) is 14.0. The molecular weight excluding hydrogens is 321 g/mol. The Balaban J connectivity index is 0. The van der Waals surface area contributed by atoms with Gasteiger partial charge in [-0.25, -0.2) is 0 Å². The number of nitrogens with two attached hydrogens (primary N) is 1. The van der Waals surface area contributed by atoms with Gasteiger partial charge in [0.2, 0.25) is 0 Å². The van der Waals surface area contributed by atoms with Crippen molar-refractivity contribution in [2.75, 3.05) is 5.73 Å². The van der Waals surface area contributed by atoms with E-state index in [2.05, 4.69) is 24.3 Å². The summed E-state index contributed by atoms with van der Waals surface area (Å²) in [5.41, 5.74) is 6.18. The predicted octanol–water partition coefficient (Wildman–Crippen LogP) is 0.943. The summed E-state index contributed by atoms with van der Waals surface area (Å²) in [5.74, 6) is 0. The van der Waals surface area contributed by atoms with Crippen molar-refractivity contribution in [1.29, 1.82) is 0 Å². The van der Waals surface area contributed by atoms with Gasteiger partial charge in [-0.15, -0.1) is 0 Å². The van der Waals surface area contributed by atoms with Gasteiger partial charge in [0.05, 0.1) is 0 Å². The molecule has 1 nitrogen and oxygen atoms in total. The molecule has 97 valence electrons. The molecule has 2 N–H and O–H groups in total. The molecule has 0 amide bonds. The van der Waals surface area contributed by atoms with E-state index >= 15 is 0 Å². The van der Waals surface area contributed by atoms with E-state index in [9.17, 15) is 0 Å². The van der Waals surface area contributed by atoms with Gasteiger partial charge in [0.1, 0.15) is 0 Å². The molecule has 1 aromatic carbocycles. The molecular formula is C14H19ClNRh-. The minimum atomic E-state index is 0. The number of anilines is 1. The molecule has 2 rings (SSSR count). The van der Waals surface area contributed by atoms with Crippen LogP contribution in [0.4, 0.5) is 5.69 Å². The van der Waals surface area contributed by atoms with Gasteiger partial charge in [0, 0.05) is 25.2 Å². The van der Waals surface area contributed by atoms with Crippen LogP contribution in [0.15, 0.2) is 54.6 Å². The maximum Gasteiger partial charge on any atom is 0.0313 e. The fraction of sp³-hybridized carbons (Fsp3) is 0.286. The number of rotatable bonds is 0. The first-order valence-electron chi connectivity index (χ1n) is 5.50. The number of benzene rings is 1. The van der Waals surface area contributed by atoms with Crippen LogP contribution in [0.25, 0.3) is 0 Å². The molecule has 0 saturated heterocycles. The summed E-state index contributed by atoms with van der Waals surface area (Å²) < 4.78 is 0. The van der Waals surface area contributed by atoms with Gasteiger partial charge in [-0.3, -0.25) is 0 Å². The summed E-state index contributed by atoms with van der Waals surface area (Å²) >= 11 is 0. The average molecular weight is 340 g/mol. The van der Waals surface area contributed by atoms with E-state index in [1.807, 2.05) is 30.3 Å². The molecule has 1 aliphatic rings. The van der Waals surface area contributed by atoms with Crippen LogP contribution in [-0.2, 0) is 19.5 Å². The summed E-state index contributed by atoms with van der Waals surface area (Å²) in [4.78, 5) is 0. The Hall–Kier alpha value is -0.587. The van der Waals surface area contributed by atoms with E-state index < -0.39 is 0 Å². The van der Waals surface area contributed by atoms with Crippen LogP contribution in [0.2, 0.25) is 0 Å². The molecule has 0 atom stereocenters. The van der Waals surface area contributed by atoms with Crippen LogP contribution in [-0.4, -0.2) is 0 Å². The van der Waals surface area contributed by atoms with Crippen molar-refractivity contribution in [2.45, 2.75) is 25.7 Å². The van der Waals surface area contributed by atoms with Crippen molar-refractivity contribution in [2.24, 2.45) is 0 Å². The summed E-state index contributed by atoms with van der Waals surface area (Å²) in [6.45, 7) is 0. The normalized spacial score (nSPS) is 16.7. The zero-order valence-electron chi connectivity index (χ0n) is 9.81. The monoisotopic (exact) mass is 339 g/mol. The molecule has 1 radical (unpaired) electrons. The van der Waals surface area contributed by atoms with E-state index in [1.54, 1.807) is 0 Å². The SMILES string of the molecule is C1=C\CC/C=C\CC/1.Nc1ccccc1.[Cl-].[Rh]. The predicted molar refractivity (Wildman–Crippen MR) is 67.6 cm³/mol. The van der Waals surface area contributed by atoms with Crippen LogP contribution >= 0.6 is 0 Å². The quantitative estimate of drug-likeness (QED) is 0.425. The summed E-state index contributed by atoms with van der Waals surface area (Å²) in [5, 5.41) is 0. The molecule has 0 aromatic heterocycles. The van der Waals surface area contributed by atoms with Crippen LogP contribution in [0.3, 0.4) is 0 Å².